The number of nitriles is 1. The molecule has 0 unspecified atom stereocenters. The largest absolute Gasteiger partial charge is 0.490 e. The van der Waals surface area contributed by atoms with Gasteiger partial charge < -0.3 is 20.1 Å². The average Bonchev–Trinajstić information content (AvgIpc) is 2.70. The molecule has 0 radical (unpaired) electrons. The Labute approximate surface area is 165 Å². The Bertz CT molecular complexity index is 947. The zero-order chi connectivity index (χ0) is 20.3. The van der Waals surface area contributed by atoms with E-state index in [1.165, 1.54) is 0 Å². The van der Waals surface area contributed by atoms with Gasteiger partial charge in [0, 0.05) is 24.7 Å². The van der Waals surface area contributed by atoms with Crippen molar-refractivity contribution in [3.8, 4) is 29.9 Å². The predicted molar refractivity (Wildman–Crippen MR) is 105 cm³/mol. The standard InChI is InChI=1S/C22H23N3O3/c1-4-11-28-18-10-9-14(12-19(18)27-5-2)20-15(13-23)22(24)25(3)16-7-6-8-17(26)21(16)20/h1,9-10,12,20H,5-8,11,24H2,2-3H3/t20-/m1/s1. The normalized spacial score (nSPS) is 19.1. The van der Waals surface area contributed by atoms with E-state index in [1.54, 1.807) is 18.0 Å². The molecule has 0 aromatic heterocycles. The van der Waals surface area contributed by atoms with E-state index < -0.39 is 5.92 Å². The quantitative estimate of drug-likeness (QED) is 0.794. The summed E-state index contributed by atoms with van der Waals surface area (Å²) < 4.78 is 11.3. The smallest absolute Gasteiger partial charge is 0.162 e. The molecule has 28 heavy (non-hydrogen) atoms. The third kappa shape index (κ3) is 3.30. The fourth-order valence-electron chi connectivity index (χ4n) is 3.81. The summed E-state index contributed by atoms with van der Waals surface area (Å²) in [5.74, 6) is 3.41. The van der Waals surface area contributed by atoms with Gasteiger partial charge in [0.2, 0.25) is 0 Å². The third-order valence-electron chi connectivity index (χ3n) is 5.08. The second-order valence-corrected chi connectivity index (χ2v) is 6.67. The minimum Gasteiger partial charge on any atom is -0.490 e. The minimum atomic E-state index is -0.509. The number of allylic oxidation sites excluding steroid dienone is 3. The van der Waals surface area contributed by atoms with Crippen molar-refractivity contribution in [3.63, 3.8) is 0 Å². The molecule has 0 saturated heterocycles. The molecule has 0 spiro atoms. The van der Waals surface area contributed by atoms with Crippen LogP contribution >= 0.6 is 0 Å². The third-order valence-corrected chi connectivity index (χ3v) is 5.08. The molecule has 0 fully saturated rings. The highest BCUT2D eigenvalue weighted by Crippen LogP contribution is 2.45. The number of carbonyl (C=O) groups is 1. The van der Waals surface area contributed by atoms with Gasteiger partial charge in [-0.15, -0.1) is 6.42 Å². The van der Waals surface area contributed by atoms with Crippen molar-refractivity contribution >= 4 is 5.78 Å². The van der Waals surface area contributed by atoms with Gasteiger partial charge in [0.1, 0.15) is 12.4 Å². The summed E-state index contributed by atoms with van der Waals surface area (Å²) in [5, 5.41) is 9.80. The molecule has 3 rings (SSSR count). The molecule has 2 aliphatic rings. The van der Waals surface area contributed by atoms with E-state index in [-0.39, 0.29) is 12.4 Å². The second kappa shape index (κ2) is 8.10. The lowest BCUT2D eigenvalue weighted by Gasteiger charge is -2.37. The van der Waals surface area contributed by atoms with Crippen LogP contribution < -0.4 is 15.2 Å². The predicted octanol–water partition coefficient (Wildman–Crippen LogP) is 2.83. The first-order valence-corrected chi connectivity index (χ1v) is 9.26. The van der Waals surface area contributed by atoms with E-state index in [0.29, 0.717) is 41.5 Å². The monoisotopic (exact) mass is 377 g/mol. The fourth-order valence-corrected chi connectivity index (χ4v) is 3.81. The first-order chi connectivity index (χ1) is 13.5. The number of rotatable bonds is 5. The summed E-state index contributed by atoms with van der Waals surface area (Å²) in [6.45, 7) is 2.44. The van der Waals surface area contributed by atoms with Crippen LogP contribution in [-0.4, -0.2) is 30.9 Å². The number of benzene rings is 1. The van der Waals surface area contributed by atoms with Crippen molar-refractivity contribution < 1.29 is 14.3 Å². The zero-order valence-corrected chi connectivity index (χ0v) is 16.1. The molecule has 0 bridgehead atoms. The lowest BCUT2D eigenvalue weighted by Crippen LogP contribution is -2.36. The van der Waals surface area contributed by atoms with Crippen molar-refractivity contribution in [1.29, 1.82) is 5.26 Å². The van der Waals surface area contributed by atoms with Crippen molar-refractivity contribution in [2.75, 3.05) is 20.3 Å². The van der Waals surface area contributed by atoms with Crippen LogP contribution in [0.25, 0.3) is 0 Å². The molecule has 0 saturated carbocycles. The topological polar surface area (TPSA) is 88.6 Å². The van der Waals surface area contributed by atoms with E-state index in [2.05, 4.69) is 12.0 Å². The number of hydrogen-bond donors (Lipinski definition) is 1. The Kier molecular flexibility index (Phi) is 5.61. The number of nitrogens with two attached hydrogens (primary N) is 1. The lowest BCUT2D eigenvalue weighted by atomic mass is 9.76. The van der Waals surface area contributed by atoms with E-state index in [0.717, 1.165) is 24.1 Å². The van der Waals surface area contributed by atoms with Crippen LogP contribution in [0.15, 0.2) is 40.9 Å². The molecule has 0 amide bonds. The lowest BCUT2D eigenvalue weighted by molar-refractivity contribution is -0.116. The molecule has 144 valence electrons. The zero-order valence-electron chi connectivity index (χ0n) is 16.1. The molecular formula is C22H23N3O3. The van der Waals surface area contributed by atoms with Crippen molar-refractivity contribution in [2.45, 2.75) is 32.1 Å². The van der Waals surface area contributed by atoms with E-state index in [9.17, 15) is 10.1 Å². The Hall–Kier alpha value is -3.38. The van der Waals surface area contributed by atoms with E-state index in [4.69, 9.17) is 21.6 Å². The summed E-state index contributed by atoms with van der Waals surface area (Å²) in [7, 11) is 1.80. The molecule has 1 heterocycles. The van der Waals surface area contributed by atoms with Crippen LogP contribution in [0.3, 0.4) is 0 Å². The van der Waals surface area contributed by atoms with Crippen LogP contribution in [0.2, 0.25) is 0 Å². The van der Waals surface area contributed by atoms with Gasteiger partial charge in [0.25, 0.3) is 0 Å². The SMILES string of the molecule is C#CCOc1ccc([C@@H]2C(C#N)=C(N)N(C)C3=C2C(=O)CCC3)cc1OCC. The number of ketones is 1. The van der Waals surface area contributed by atoms with Gasteiger partial charge in [0.15, 0.2) is 17.3 Å². The second-order valence-electron chi connectivity index (χ2n) is 6.67. The fraction of sp³-hybridized carbons (Fsp3) is 0.364. The van der Waals surface area contributed by atoms with Crippen LogP contribution in [0, 0.1) is 23.7 Å². The summed E-state index contributed by atoms with van der Waals surface area (Å²) in [4.78, 5) is 14.6. The van der Waals surface area contributed by atoms with Gasteiger partial charge in [-0.1, -0.05) is 12.0 Å². The Morgan fingerprint density at radius 3 is 2.79 bits per heavy atom. The van der Waals surface area contributed by atoms with Gasteiger partial charge >= 0.3 is 0 Å². The van der Waals surface area contributed by atoms with E-state index in [1.807, 2.05) is 19.1 Å². The molecule has 6 nitrogen and oxygen atoms in total. The maximum Gasteiger partial charge on any atom is 0.162 e. The van der Waals surface area contributed by atoms with Crippen molar-refractivity contribution in [3.05, 3.63) is 46.4 Å². The van der Waals surface area contributed by atoms with Gasteiger partial charge in [-0.05, 0) is 37.5 Å². The first kappa shape index (κ1) is 19.4. The number of carbonyl (C=O) groups excluding carboxylic acids is 1. The highest BCUT2D eigenvalue weighted by Gasteiger charge is 2.38. The van der Waals surface area contributed by atoms with Gasteiger partial charge in [0.05, 0.1) is 24.2 Å². The molecule has 1 aromatic carbocycles. The van der Waals surface area contributed by atoms with Crippen LogP contribution in [0.1, 0.15) is 37.7 Å². The Balaban J connectivity index is 2.15. The van der Waals surface area contributed by atoms with Gasteiger partial charge in [-0.3, -0.25) is 4.79 Å². The van der Waals surface area contributed by atoms with Gasteiger partial charge in [-0.25, -0.2) is 0 Å². The number of Topliss-reactive ketones (excluding diaryl/α,β-unsaturated/α-hetero) is 1. The minimum absolute atomic E-state index is 0.0592. The molecule has 1 aliphatic carbocycles. The van der Waals surface area contributed by atoms with E-state index >= 15 is 0 Å². The Morgan fingerprint density at radius 2 is 2.11 bits per heavy atom. The maximum absolute atomic E-state index is 12.8. The Morgan fingerprint density at radius 1 is 1.32 bits per heavy atom. The number of terminal acetylenes is 1. The number of ether oxygens (including phenoxy) is 2. The highest BCUT2D eigenvalue weighted by atomic mass is 16.5. The molecular weight excluding hydrogens is 354 g/mol. The summed E-state index contributed by atoms with van der Waals surface area (Å²) in [6, 6.07) is 7.62. The molecule has 6 heteroatoms. The molecule has 1 aliphatic heterocycles. The number of nitrogens with zero attached hydrogens (tertiary/aromatic N) is 2. The van der Waals surface area contributed by atoms with Crippen LogP contribution in [0.5, 0.6) is 11.5 Å². The van der Waals surface area contributed by atoms with Crippen LogP contribution in [0.4, 0.5) is 0 Å². The number of hydrogen-bond acceptors (Lipinski definition) is 6. The molecule has 1 atom stereocenters. The summed E-state index contributed by atoms with van der Waals surface area (Å²) in [6.07, 6.45) is 7.30. The molecule has 2 N–H and O–H groups in total. The maximum atomic E-state index is 12.8. The van der Waals surface area contributed by atoms with Crippen LogP contribution in [-0.2, 0) is 4.79 Å². The highest BCUT2D eigenvalue weighted by molar-refractivity contribution is 5.99. The summed E-state index contributed by atoms with van der Waals surface area (Å²) in [5.41, 5.74) is 8.95. The van der Waals surface area contributed by atoms with Crippen molar-refractivity contribution in [2.24, 2.45) is 5.73 Å². The summed E-state index contributed by atoms with van der Waals surface area (Å²) >= 11 is 0. The van der Waals surface area contributed by atoms with Gasteiger partial charge in [-0.2, -0.15) is 5.26 Å². The van der Waals surface area contributed by atoms with Crippen molar-refractivity contribution in [1.82, 2.24) is 4.90 Å². The first-order valence-electron chi connectivity index (χ1n) is 9.26. The average molecular weight is 377 g/mol. The molecule has 1 aromatic rings.